The Labute approximate surface area is 135 Å². The molecule has 0 saturated carbocycles. The second kappa shape index (κ2) is 6.49. The van der Waals surface area contributed by atoms with E-state index >= 15 is 0 Å². The lowest BCUT2D eigenvalue weighted by Gasteiger charge is -2.12. The predicted molar refractivity (Wildman–Crippen MR) is 90.7 cm³/mol. The molecule has 2 aromatic rings. The fourth-order valence-electron chi connectivity index (χ4n) is 2.36. The molecule has 0 spiro atoms. The van der Waals surface area contributed by atoms with Crippen LogP contribution in [0.2, 0.25) is 0 Å². The Hall–Kier alpha value is -2.87. The molecule has 0 aliphatic heterocycles. The van der Waals surface area contributed by atoms with Crippen LogP contribution in [0.5, 0.6) is 5.88 Å². The highest BCUT2D eigenvalue weighted by Crippen LogP contribution is 2.22. The fourth-order valence-corrected chi connectivity index (χ4v) is 2.36. The molecule has 2 rings (SSSR count). The summed E-state index contributed by atoms with van der Waals surface area (Å²) in [6.07, 6.45) is 1.50. The minimum Gasteiger partial charge on any atom is -0.494 e. The summed E-state index contributed by atoms with van der Waals surface area (Å²) in [6, 6.07) is 7.71. The third kappa shape index (κ3) is 3.02. The molecule has 1 aromatic heterocycles. The highest BCUT2D eigenvalue weighted by atomic mass is 16.3. The van der Waals surface area contributed by atoms with Crippen LogP contribution in [0, 0.1) is 32.1 Å². The SMILES string of the molecule is CCn1c(O)c(C=Nc2ccc(C)c(C)c2)c(C)c(C#N)c1=O. The zero-order chi connectivity index (χ0) is 17.1. The smallest absolute Gasteiger partial charge is 0.271 e. The van der Waals surface area contributed by atoms with E-state index in [9.17, 15) is 15.2 Å². The van der Waals surface area contributed by atoms with E-state index < -0.39 is 5.56 Å². The third-order valence-electron chi connectivity index (χ3n) is 4.00. The standard InChI is InChI=1S/C18H19N3O2/c1-5-21-17(22)15(9-19)13(4)16(18(21)23)10-20-14-7-6-11(2)12(3)8-14/h6-8,10,23H,5H2,1-4H3. The van der Waals surface area contributed by atoms with Crippen molar-refractivity contribution in [2.75, 3.05) is 0 Å². The van der Waals surface area contributed by atoms with E-state index in [4.69, 9.17) is 0 Å². The van der Waals surface area contributed by atoms with E-state index in [0.29, 0.717) is 11.1 Å². The van der Waals surface area contributed by atoms with Crippen LogP contribution in [0.3, 0.4) is 0 Å². The van der Waals surface area contributed by atoms with Crippen LogP contribution < -0.4 is 5.56 Å². The molecule has 0 amide bonds. The largest absolute Gasteiger partial charge is 0.494 e. The van der Waals surface area contributed by atoms with Crippen molar-refractivity contribution in [1.82, 2.24) is 4.57 Å². The average molecular weight is 309 g/mol. The van der Waals surface area contributed by atoms with E-state index in [1.807, 2.05) is 38.1 Å². The summed E-state index contributed by atoms with van der Waals surface area (Å²) < 4.78 is 1.17. The molecule has 0 aliphatic rings. The van der Waals surface area contributed by atoms with Gasteiger partial charge in [-0.25, -0.2) is 0 Å². The van der Waals surface area contributed by atoms with Crippen LogP contribution >= 0.6 is 0 Å². The number of nitrogens with zero attached hydrogens (tertiary/aromatic N) is 3. The summed E-state index contributed by atoms with van der Waals surface area (Å²) in [4.78, 5) is 16.5. The first kappa shape index (κ1) is 16.5. The molecule has 0 atom stereocenters. The number of aryl methyl sites for hydroxylation is 2. The van der Waals surface area contributed by atoms with Crippen molar-refractivity contribution < 1.29 is 5.11 Å². The van der Waals surface area contributed by atoms with Crippen LogP contribution in [0.25, 0.3) is 0 Å². The van der Waals surface area contributed by atoms with Gasteiger partial charge in [0.25, 0.3) is 5.56 Å². The van der Waals surface area contributed by atoms with Gasteiger partial charge in [0.05, 0.1) is 11.3 Å². The van der Waals surface area contributed by atoms with Crippen molar-refractivity contribution in [3.8, 4) is 11.9 Å². The van der Waals surface area contributed by atoms with Gasteiger partial charge in [0, 0.05) is 12.8 Å². The lowest BCUT2D eigenvalue weighted by atomic mass is 10.1. The molecule has 5 nitrogen and oxygen atoms in total. The molecule has 118 valence electrons. The maximum absolute atomic E-state index is 12.1. The number of rotatable bonds is 3. The summed E-state index contributed by atoms with van der Waals surface area (Å²) in [5.74, 6) is -0.165. The van der Waals surface area contributed by atoms with Crippen molar-refractivity contribution in [1.29, 1.82) is 5.26 Å². The molecule has 0 unspecified atom stereocenters. The van der Waals surface area contributed by atoms with Gasteiger partial charge in [-0.3, -0.25) is 14.4 Å². The summed E-state index contributed by atoms with van der Waals surface area (Å²) in [6.45, 7) is 7.69. The number of aromatic hydroxyl groups is 1. The monoisotopic (exact) mass is 309 g/mol. The lowest BCUT2D eigenvalue weighted by molar-refractivity contribution is 0.409. The molecular formula is C18H19N3O2. The van der Waals surface area contributed by atoms with Crippen LogP contribution in [0.15, 0.2) is 28.0 Å². The van der Waals surface area contributed by atoms with Crippen molar-refractivity contribution in [3.63, 3.8) is 0 Å². The normalized spacial score (nSPS) is 10.9. The predicted octanol–water partition coefficient (Wildman–Crippen LogP) is 3.12. The molecule has 0 radical (unpaired) electrons. The zero-order valence-electron chi connectivity index (χ0n) is 13.7. The number of aromatic nitrogens is 1. The summed E-state index contributed by atoms with van der Waals surface area (Å²) >= 11 is 0. The maximum Gasteiger partial charge on any atom is 0.271 e. The van der Waals surface area contributed by atoms with Crippen LogP contribution in [-0.4, -0.2) is 15.9 Å². The Balaban J connectivity index is 2.59. The number of nitriles is 1. The highest BCUT2D eigenvalue weighted by molar-refractivity contribution is 5.87. The summed E-state index contributed by atoms with van der Waals surface area (Å²) in [5, 5.41) is 19.5. The third-order valence-corrected chi connectivity index (χ3v) is 4.00. The average Bonchev–Trinajstić information content (AvgIpc) is 2.51. The topological polar surface area (TPSA) is 78.4 Å². The fraction of sp³-hybridized carbons (Fsp3) is 0.278. The van der Waals surface area contributed by atoms with Gasteiger partial charge in [0.15, 0.2) is 0 Å². The zero-order valence-corrected chi connectivity index (χ0v) is 13.7. The lowest BCUT2D eigenvalue weighted by Crippen LogP contribution is -2.24. The van der Waals surface area contributed by atoms with E-state index in [1.165, 1.54) is 16.3 Å². The summed E-state index contributed by atoms with van der Waals surface area (Å²) in [7, 11) is 0. The van der Waals surface area contributed by atoms with Crippen LogP contribution in [-0.2, 0) is 6.54 Å². The minimum atomic E-state index is -0.478. The molecule has 23 heavy (non-hydrogen) atoms. The van der Waals surface area contributed by atoms with Crippen molar-refractivity contribution >= 4 is 11.9 Å². The van der Waals surface area contributed by atoms with Gasteiger partial charge in [-0.1, -0.05) is 6.07 Å². The van der Waals surface area contributed by atoms with Gasteiger partial charge in [-0.05, 0) is 56.5 Å². The number of pyridine rings is 1. The first-order valence-electron chi connectivity index (χ1n) is 7.38. The van der Waals surface area contributed by atoms with E-state index in [-0.39, 0.29) is 18.0 Å². The van der Waals surface area contributed by atoms with E-state index in [0.717, 1.165) is 11.3 Å². The van der Waals surface area contributed by atoms with E-state index in [1.54, 1.807) is 13.8 Å². The van der Waals surface area contributed by atoms with Gasteiger partial charge >= 0.3 is 0 Å². The number of benzene rings is 1. The van der Waals surface area contributed by atoms with E-state index in [2.05, 4.69) is 4.99 Å². The van der Waals surface area contributed by atoms with Crippen molar-refractivity contribution in [2.24, 2.45) is 4.99 Å². The first-order valence-corrected chi connectivity index (χ1v) is 7.38. The Morgan fingerprint density at radius 1 is 1.30 bits per heavy atom. The second-order valence-corrected chi connectivity index (χ2v) is 5.43. The van der Waals surface area contributed by atoms with Gasteiger partial charge < -0.3 is 5.11 Å². The van der Waals surface area contributed by atoms with Gasteiger partial charge in [-0.15, -0.1) is 0 Å². The minimum absolute atomic E-state index is 0.0335. The van der Waals surface area contributed by atoms with Crippen molar-refractivity contribution in [3.05, 3.63) is 56.4 Å². The second-order valence-electron chi connectivity index (χ2n) is 5.43. The Bertz CT molecular complexity index is 887. The molecular weight excluding hydrogens is 290 g/mol. The van der Waals surface area contributed by atoms with Gasteiger partial charge in [-0.2, -0.15) is 5.26 Å². The highest BCUT2D eigenvalue weighted by Gasteiger charge is 2.16. The molecule has 1 N–H and O–H groups in total. The summed E-state index contributed by atoms with van der Waals surface area (Å²) in [5.41, 5.74) is 3.43. The van der Waals surface area contributed by atoms with Crippen LogP contribution in [0.4, 0.5) is 5.69 Å². The Kier molecular flexibility index (Phi) is 4.65. The number of hydrogen-bond acceptors (Lipinski definition) is 4. The Morgan fingerprint density at radius 3 is 2.57 bits per heavy atom. The van der Waals surface area contributed by atoms with Crippen LogP contribution in [0.1, 0.15) is 34.7 Å². The molecule has 0 fully saturated rings. The molecule has 0 saturated heterocycles. The number of aliphatic imine (C=N–C) groups is 1. The van der Waals surface area contributed by atoms with Gasteiger partial charge in [0.2, 0.25) is 5.88 Å². The molecule has 1 aromatic carbocycles. The maximum atomic E-state index is 12.1. The Morgan fingerprint density at radius 2 is 2.00 bits per heavy atom. The molecule has 0 aliphatic carbocycles. The quantitative estimate of drug-likeness (QED) is 0.885. The molecule has 5 heteroatoms. The molecule has 1 heterocycles. The van der Waals surface area contributed by atoms with Crippen molar-refractivity contribution in [2.45, 2.75) is 34.2 Å². The molecule has 0 bridgehead atoms. The first-order chi connectivity index (χ1) is 10.9. The number of hydrogen-bond donors (Lipinski definition) is 1. The van der Waals surface area contributed by atoms with Gasteiger partial charge in [0.1, 0.15) is 11.6 Å².